The van der Waals surface area contributed by atoms with Crippen molar-refractivity contribution >= 4 is 35.0 Å². The summed E-state index contributed by atoms with van der Waals surface area (Å²) < 4.78 is 20.4. The number of carbonyl (C=O) groups excluding carboxylic acids is 2. The first-order valence-corrected chi connectivity index (χ1v) is 16.0. The number of carbonyl (C=O) groups is 2. The highest BCUT2D eigenvalue weighted by molar-refractivity contribution is 6.34. The molecular formula is C34H37Cl2FN4O3. The van der Waals surface area contributed by atoms with Crippen LogP contribution in [0.15, 0.2) is 58.6 Å². The second kappa shape index (κ2) is 12.3. The lowest BCUT2D eigenvalue weighted by molar-refractivity contribution is -0.0105. The van der Waals surface area contributed by atoms with Crippen molar-refractivity contribution < 1.29 is 18.5 Å². The summed E-state index contributed by atoms with van der Waals surface area (Å²) in [5.74, 6) is 0.543. The second-order valence-corrected chi connectivity index (χ2v) is 13.5. The molecule has 232 valence electrons. The van der Waals surface area contributed by atoms with E-state index in [0.29, 0.717) is 74.0 Å². The lowest BCUT2D eigenvalue weighted by Crippen LogP contribution is -2.52. The van der Waals surface area contributed by atoms with E-state index >= 15 is 0 Å². The van der Waals surface area contributed by atoms with E-state index in [1.807, 2.05) is 21.9 Å². The number of hydrogen-bond donors (Lipinski definition) is 0. The van der Waals surface area contributed by atoms with Crippen LogP contribution >= 0.6 is 23.2 Å². The number of nitrogens with zero attached hydrogens (tertiary/aromatic N) is 4. The van der Waals surface area contributed by atoms with Gasteiger partial charge in [-0.25, -0.2) is 4.39 Å². The maximum Gasteiger partial charge on any atom is 0.260 e. The molecule has 0 spiro atoms. The summed E-state index contributed by atoms with van der Waals surface area (Å²) in [6, 6.07) is 11.5. The van der Waals surface area contributed by atoms with E-state index in [4.69, 9.17) is 27.7 Å². The predicted octanol–water partition coefficient (Wildman–Crippen LogP) is 6.99. The molecule has 3 aromatic rings. The van der Waals surface area contributed by atoms with Gasteiger partial charge < -0.3 is 14.3 Å². The Hall–Kier alpha value is -3.20. The molecule has 1 saturated carbocycles. The van der Waals surface area contributed by atoms with Crippen LogP contribution in [0.1, 0.15) is 53.2 Å². The monoisotopic (exact) mass is 638 g/mol. The van der Waals surface area contributed by atoms with Crippen LogP contribution in [0.5, 0.6) is 0 Å². The molecule has 7 rings (SSSR count). The highest BCUT2D eigenvalue weighted by Gasteiger charge is 2.51. The zero-order valence-corrected chi connectivity index (χ0v) is 26.8. The fourth-order valence-electron chi connectivity index (χ4n) is 7.05. The highest BCUT2D eigenvalue weighted by Crippen LogP contribution is 2.59. The Morgan fingerprint density at radius 3 is 2.48 bits per heavy atom. The van der Waals surface area contributed by atoms with Crippen molar-refractivity contribution in [2.24, 2.45) is 17.3 Å². The number of fused-ring (bicyclic) bond motifs is 1. The van der Waals surface area contributed by atoms with Crippen molar-refractivity contribution in [1.29, 1.82) is 0 Å². The molecule has 10 heteroatoms. The van der Waals surface area contributed by atoms with E-state index in [9.17, 15) is 14.0 Å². The number of aromatic nitrogens is 1. The van der Waals surface area contributed by atoms with Gasteiger partial charge in [0, 0.05) is 45.8 Å². The molecule has 1 saturated heterocycles. The molecule has 1 aromatic heterocycles. The van der Waals surface area contributed by atoms with Gasteiger partial charge in [0.05, 0.1) is 21.2 Å². The summed E-state index contributed by atoms with van der Waals surface area (Å²) in [5.41, 5.74) is 2.41. The van der Waals surface area contributed by atoms with Gasteiger partial charge in [0.2, 0.25) is 0 Å². The first-order valence-electron chi connectivity index (χ1n) is 15.2. The number of piperazine rings is 1. The van der Waals surface area contributed by atoms with E-state index in [2.05, 4.69) is 30.0 Å². The molecule has 2 fully saturated rings. The number of benzene rings is 2. The van der Waals surface area contributed by atoms with Crippen LogP contribution in [-0.2, 0) is 0 Å². The summed E-state index contributed by atoms with van der Waals surface area (Å²) >= 11 is 12.7. The van der Waals surface area contributed by atoms with Gasteiger partial charge in [-0.05, 0) is 61.3 Å². The SMILES string of the molecule is Cc1onc(-c2c(F)cccc2Cl)c1C(=O)N(CCN1CCN(C(=O)c2ccccc2Cl)CC1)CC1=CCC2CC1C2(C)C. The molecule has 2 heterocycles. The van der Waals surface area contributed by atoms with E-state index in [-0.39, 0.29) is 39.1 Å². The van der Waals surface area contributed by atoms with E-state index in [1.165, 1.54) is 17.7 Å². The minimum Gasteiger partial charge on any atom is -0.360 e. The van der Waals surface area contributed by atoms with Crippen molar-refractivity contribution in [2.45, 2.75) is 33.6 Å². The Morgan fingerprint density at radius 1 is 1.07 bits per heavy atom. The quantitative estimate of drug-likeness (QED) is 0.249. The van der Waals surface area contributed by atoms with Gasteiger partial charge in [0.25, 0.3) is 11.8 Å². The predicted molar refractivity (Wildman–Crippen MR) is 169 cm³/mol. The van der Waals surface area contributed by atoms with Crippen molar-refractivity contribution in [3.05, 3.63) is 86.9 Å². The minimum atomic E-state index is -0.562. The lowest BCUT2D eigenvalue weighted by Gasteiger charge is -2.57. The molecular weight excluding hydrogens is 602 g/mol. The van der Waals surface area contributed by atoms with Crippen molar-refractivity contribution in [3.63, 3.8) is 0 Å². The van der Waals surface area contributed by atoms with Gasteiger partial charge in [0.15, 0.2) is 0 Å². The summed E-state index contributed by atoms with van der Waals surface area (Å²) in [7, 11) is 0. The Kier molecular flexibility index (Phi) is 8.61. The van der Waals surface area contributed by atoms with E-state index < -0.39 is 5.82 Å². The molecule has 44 heavy (non-hydrogen) atoms. The summed E-state index contributed by atoms with van der Waals surface area (Å²) in [4.78, 5) is 33.4. The van der Waals surface area contributed by atoms with Crippen LogP contribution in [0.25, 0.3) is 11.3 Å². The number of hydrogen-bond acceptors (Lipinski definition) is 5. The van der Waals surface area contributed by atoms with Crippen molar-refractivity contribution in [2.75, 3.05) is 45.8 Å². The van der Waals surface area contributed by atoms with Gasteiger partial charge in [0.1, 0.15) is 22.8 Å². The average Bonchev–Trinajstić information content (AvgIpc) is 3.39. The van der Waals surface area contributed by atoms with Crippen molar-refractivity contribution in [1.82, 2.24) is 19.9 Å². The number of aryl methyl sites for hydroxylation is 1. The molecule has 4 aliphatic rings. The third-order valence-electron chi connectivity index (χ3n) is 9.97. The minimum absolute atomic E-state index is 0.0634. The van der Waals surface area contributed by atoms with E-state index in [0.717, 1.165) is 12.8 Å². The maximum absolute atomic E-state index is 15.0. The van der Waals surface area contributed by atoms with Gasteiger partial charge in [-0.15, -0.1) is 0 Å². The molecule has 2 bridgehead atoms. The Morgan fingerprint density at radius 2 is 1.80 bits per heavy atom. The molecule has 2 amide bonds. The van der Waals surface area contributed by atoms with E-state index in [1.54, 1.807) is 25.1 Å². The van der Waals surface area contributed by atoms with Crippen LogP contribution in [0, 0.1) is 30.0 Å². The number of rotatable bonds is 8. The maximum atomic E-state index is 15.0. The Balaban J connectivity index is 1.20. The number of halogens is 3. The molecule has 0 radical (unpaired) electrons. The highest BCUT2D eigenvalue weighted by atomic mass is 35.5. The molecule has 3 aliphatic carbocycles. The van der Waals surface area contributed by atoms with Crippen molar-refractivity contribution in [3.8, 4) is 11.3 Å². The van der Waals surface area contributed by atoms with Gasteiger partial charge in [-0.2, -0.15) is 0 Å². The molecule has 2 aromatic carbocycles. The summed E-state index contributed by atoms with van der Waals surface area (Å²) in [5, 5.41) is 4.71. The lowest BCUT2D eigenvalue weighted by atomic mass is 9.49. The topological polar surface area (TPSA) is 69.9 Å². The zero-order chi connectivity index (χ0) is 31.2. The first-order chi connectivity index (χ1) is 21.1. The Bertz CT molecular complexity index is 1590. The standard InChI is InChI=1S/C34H37Cl2FN4O3/c1-21-29(31(38-44-21)30-27(36)9-6-10-28(30)37)33(43)41(20-22-11-12-23-19-25(22)34(23,2)3)18-15-39-13-16-40(17-14-39)32(42)24-7-4-5-8-26(24)35/h4-11,23,25H,12-20H2,1-3H3. The molecule has 7 nitrogen and oxygen atoms in total. The van der Waals surface area contributed by atoms with Gasteiger partial charge in [-0.1, -0.05) is 72.1 Å². The third-order valence-corrected chi connectivity index (χ3v) is 10.6. The van der Waals surface area contributed by atoms with Gasteiger partial charge >= 0.3 is 0 Å². The van der Waals surface area contributed by atoms with Crippen LogP contribution < -0.4 is 0 Å². The molecule has 2 atom stereocenters. The average molecular weight is 640 g/mol. The first kappa shape index (κ1) is 30.8. The zero-order valence-electron chi connectivity index (χ0n) is 25.3. The molecule has 1 aliphatic heterocycles. The third kappa shape index (κ3) is 5.68. The van der Waals surface area contributed by atoms with Crippen LogP contribution in [0.4, 0.5) is 4.39 Å². The normalized spacial score (nSPS) is 21.0. The Labute approximate surface area is 267 Å². The summed E-state index contributed by atoms with van der Waals surface area (Å²) in [6.45, 7) is 10.4. The van der Waals surface area contributed by atoms with Gasteiger partial charge in [-0.3, -0.25) is 14.5 Å². The summed E-state index contributed by atoms with van der Waals surface area (Å²) in [6.07, 6.45) is 4.47. The van der Waals surface area contributed by atoms with Crippen LogP contribution in [-0.4, -0.2) is 77.5 Å². The molecule has 2 unspecified atom stereocenters. The fraction of sp³-hybridized carbons (Fsp3) is 0.441. The fourth-order valence-corrected chi connectivity index (χ4v) is 7.52. The number of amides is 2. The molecule has 0 N–H and O–H groups in total. The number of allylic oxidation sites excluding steroid dienone is 1. The largest absolute Gasteiger partial charge is 0.360 e. The van der Waals surface area contributed by atoms with Crippen LogP contribution in [0.2, 0.25) is 10.0 Å². The van der Waals surface area contributed by atoms with Crippen LogP contribution in [0.3, 0.4) is 0 Å². The second-order valence-electron chi connectivity index (χ2n) is 12.7. The smallest absolute Gasteiger partial charge is 0.260 e.